The Bertz CT molecular complexity index is 704. The predicted octanol–water partition coefficient (Wildman–Crippen LogP) is 3.19. The molecule has 1 aromatic heterocycles. The average Bonchev–Trinajstić information content (AvgIpc) is 3.09. The maximum Gasteiger partial charge on any atom is 0.252 e. The molecule has 0 aliphatic rings. The minimum atomic E-state index is -0.164. The first kappa shape index (κ1) is 18.3. The van der Waals surface area contributed by atoms with Crippen molar-refractivity contribution in [2.45, 2.75) is 13.0 Å². The second-order valence-electron chi connectivity index (χ2n) is 5.22. The third-order valence-electron chi connectivity index (χ3n) is 3.48. The summed E-state index contributed by atoms with van der Waals surface area (Å²) in [5, 5.41) is 6.95. The first-order chi connectivity index (χ1) is 11.5. The zero-order chi connectivity index (χ0) is 17.5. The molecule has 2 aromatic rings. The number of rotatable bonds is 7. The van der Waals surface area contributed by atoms with E-state index in [9.17, 15) is 9.59 Å². The van der Waals surface area contributed by atoms with E-state index in [0.29, 0.717) is 29.4 Å². The lowest BCUT2D eigenvalue weighted by atomic mass is 10.2. The number of benzene rings is 1. The number of halogens is 1. The molecular weight excluding hydrogens is 348 g/mol. The predicted molar refractivity (Wildman–Crippen MR) is 95.7 cm³/mol. The maximum atomic E-state index is 12.2. The van der Waals surface area contributed by atoms with Crippen molar-refractivity contribution in [1.29, 1.82) is 0 Å². The van der Waals surface area contributed by atoms with Gasteiger partial charge in [0.25, 0.3) is 5.91 Å². The first-order valence-corrected chi connectivity index (χ1v) is 8.70. The van der Waals surface area contributed by atoms with Gasteiger partial charge in [0.1, 0.15) is 5.75 Å². The molecule has 0 spiro atoms. The summed E-state index contributed by atoms with van der Waals surface area (Å²) in [4.78, 5) is 25.6. The molecule has 1 N–H and O–H groups in total. The third kappa shape index (κ3) is 4.97. The van der Waals surface area contributed by atoms with Gasteiger partial charge in [-0.05, 0) is 29.6 Å². The van der Waals surface area contributed by atoms with E-state index in [1.165, 1.54) is 11.3 Å². The van der Waals surface area contributed by atoms with Gasteiger partial charge in [-0.3, -0.25) is 9.59 Å². The zero-order valence-corrected chi connectivity index (χ0v) is 15.1. The van der Waals surface area contributed by atoms with Crippen LogP contribution in [0.2, 0.25) is 5.02 Å². The van der Waals surface area contributed by atoms with Crippen LogP contribution in [0.1, 0.15) is 22.3 Å². The number of nitrogens with one attached hydrogen (secondary N) is 1. The fourth-order valence-corrected chi connectivity index (χ4v) is 3.01. The Morgan fingerprint density at radius 2 is 2.12 bits per heavy atom. The number of nitrogens with zero attached hydrogens (tertiary/aromatic N) is 1. The van der Waals surface area contributed by atoms with Crippen LogP contribution < -0.4 is 10.1 Å². The van der Waals surface area contributed by atoms with Gasteiger partial charge in [-0.1, -0.05) is 11.6 Å². The molecule has 0 saturated heterocycles. The lowest BCUT2D eigenvalue weighted by molar-refractivity contribution is -0.130. The third-order valence-corrected chi connectivity index (χ3v) is 4.40. The number of methoxy groups -OCH3 is 1. The van der Waals surface area contributed by atoms with E-state index in [4.69, 9.17) is 16.3 Å². The number of thiophene rings is 1. The van der Waals surface area contributed by atoms with E-state index < -0.39 is 0 Å². The molecular formula is C17H19ClN2O3S. The van der Waals surface area contributed by atoms with E-state index in [2.05, 4.69) is 5.32 Å². The normalized spacial score (nSPS) is 10.3. The summed E-state index contributed by atoms with van der Waals surface area (Å²) in [6, 6.07) is 7.05. The largest absolute Gasteiger partial charge is 0.496 e. The zero-order valence-electron chi connectivity index (χ0n) is 13.5. The monoisotopic (exact) mass is 366 g/mol. The molecule has 128 valence electrons. The van der Waals surface area contributed by atoms with Gasteiger partial charge in [-0.25, -0.2) is 0 Å². The van der Waals surface area contributed by atoms with Crippen LogP contribution in [0.25, 0.3) is 0 Å². The van der Waals surface area contributed by atoms with Crippen LogP contribution in [-0.4, -0.2) is 37.4 Å². The van der Waals surface area contributed by atoms with Crippen molar-refractivity contribution in [1.82, 2.24) is 10.2 Å². The second-order valence-corrected chi connectivity index (χ2v) is 6.44. The molecule has 24 heavy (non-hydrogen) atoms. The van der Waals surface area contributed by atoms with Crippen molar-refractivity contribution < 1.29 is 14.3 Å². The molecule has 0 atom stereocenters. The molecule has 1 aromatic carbocycles. The summed E-state index contributed by atoms with van der Waals surface area (Å²) in [5.74, 6) is 0.454. The summed E-state index contributed by atoms with van der Waals surface area (Å²) in [5.41, 5.74) is 1.45. The number of hydrogen-bond acceptors (Lipinski definition) is 4. The maximum absolute atomic E-state index is 12.2. The van der Waals surface area contributed by atoms with Crippen LogP contribution in [0.5, 0.6) is 5.75 Å². The van der Waals surface area contributed by atoms with Crippen LogP contribution in [0.4, 0.5) is 0 Å². The van der Waals surface area contributed by atoms with E-state index in [1.54, 1.807) is 48.7 Å². The smallest absolute Gasteiger partial charge is 0.252 e. The number of hydrogen-bond donors (Lipinski definition) is 1. The van der Waals surface area contributed by atoms with E-state index >= 15 is 0 Å². The molecule has 0 radical (unpaired) electrons. The Kier molecular flexibility index (Phi) is 6.63. The average molecular weight is 367 g/mol. The minimum absolute atomic E-state index is 0.0670. The van der Waals surface area contributed by atoms with Crippen LogP contribution in [0.3, 0.4) is 0 Å². The van der Waals surface area contributed by atoms with Gasteiger partial charge < -0.3 is 15.0 Å². The number of amides is 2. The highest BCUT2D eigenvalue weighted by Gasteiger charge is 2.13. The summed E-state index contributed by atoms with van der Waals surface area (Å²) in [7, 11) is 3.29. The fourth-order valence-electron chi connectivity index (χ4n) is 2.18. The van der Waals surface area contributed by atoms with E-state index in [-0.39, 0.29) is 18.2 Å². The van der Waals surface area contributed by atoms with Crippen LogP contribution in [-0.2, 0) is 11.3 Å². The van der Waals surface area contributed by atoms with Crippen molar-refractivity contribution in [2.24, 2.45) is 0 Å². The van der Waals surface area contributed by atoms with Crippen molar-refractivity contribution in [3.8, 4) is 5.75 Å². The fraction of sp³-hybridized carbons (Fsp3) is 0.294. The van der Waals surface area contributed by atoms with Gasteiger partial charge in [-0.2, -0.15) is 11.3 Å². The van der Waals surface area contributed by atoms with Gasteiger partial charge in [-0.15, -0.1) is 0 Å². The van der Waals surface area contributed by atoms with Crippen LogP contribution >= 0.6 is 22.9 Å². The van der Waals surface area contributed by atoms with Crippen LogP contribution in [0.15, 0.2) is 35.0 Å². The van der Waals surface area contributed by atoms with Crippen molar-refractivity contribution >= 4 is 34.8 Å². The topological polar surface area (TPSA) is 58.6 Å². The first-order valence-electron chi connectivity index (χ1n) is 7.38. The number of carbonyl (C=O) groups is 2. The quantitative estimate of drug-likeness (QED) is 0.818. The molecule has 1 heterocycles. The van der Waals surface area contributed by atoms with Crippen molar-refractivity contribution in [3.63, 3.8) is 0 Å². The van der Waals surface area contributed by atoms with Crippen molar-refractivity contribution in [2.75, 3.05) is 20.7 Å². The molecule has 0 fully saturated rings. The Hall–Kier alpha value is -2.05. The summed E-state index contributed by atoms with van der Waals surface area (Å²) < 4.78 is 5.28. The van der Waals surface area contributed by atoms with Gasteiger partial charge in [0.2, 0.25) is 5.91 Å². The van der Waals surface area contributed by atoms with Gasteiger partial charge in [0.05, 0.1) is 7.11 Å². The highest BCUT2D eigenvalue weighted by Crippen LogP contribution is 2.23. The number of carbonyl (C=O) groups excluding carboxylic acids is 2. The summed E-state index contributed by atoms with van der Waals surface area (Å²) in [6.07, 6.45) is 0.231. The Morgan fingerprint density at radius 1 is 1.33 bits per heavy atom. The summed E-state index contributed by atoms with van der Waals surface area (Å²) >= 11 is 7.46. The lowest BCUT2D eigenvalue weighted by Crippen LogP contribution is -2.31. The Morgan fingerprint density at radius 3 is 2.79 bits per heavy atom. The van der Waals surface area contributed by atoms with Crippen LogP contribution in [0, 0.1) is 0 Å². The minimum Gasteiger partial charge on any atom is -0.496 e. The summed E-state index contributed by atoms with van der Waals surface area (Å²) in [6.45, 7) is 0.686. The molecule has 0 unspecified atom stereocenters. The van der Waals surface area contributed by atoms with Crippen molar-refractivity contribution in [3.05, 3.63) is 51.2 Å². The van der Waals surface area contributed by atoms with Gasteiger partial charge >= 0.3 is 0 Å². The van der Waals surface area contributed by atoms with Gasteiger partial charge in [0, 0.05) is 48.1 Å². The molecule has 2 amide bonds. The molecule has 7 heteroatoms. The molecule has 0 saturated carbocycles. The standard InChI is InChI=1S/C17H19ClN2O3S/c1-20(10-13-9-14(18)3-4-15(13)23-2)16(21)5-7-19-17(22)12-6-8-24-11-12/h3-4,6,8-9,11H,5,7,10H2,1-2H3,(H,19,22). The Balaban J connectivity index is 1.84. The highest BCUT2D eigenvalue weighted by atomic mass is 35.5. The Labute approximate surface area is 150 Å². The second kappa shape index (κ2) is 8.70. The molecule has 0 bridgehead atoms. The van der Waals surface area contributed by atoms with E-state index in [1.807, 2.05) is 5.38 Å². The molecule has 0 aliphatic carbocycles. The van der Waals surface area contributed by atoms with Gasteiger partial charge in [0.15, 0.2) is 0 Å². The molecule has 2 rings (SSSR count). The van der Waals surface area contributed by atoms with E-state index in [0.717, 1.165) is 5.56 Å². The number of ether oxygens (including phenoxy) is 1. The molecule has 0 aliphatic heterocycles. The molecule has 5 nitrogen and oxygen atoms in total. The highest BCUT2D eigenvalue weighted by molar-refractivity contribution is 7.08. The lowest BCUT2D eigenvalue weighted by Gasteiger charge is -2.19. The SMILES string of the molecule is COc1ccc(Cl)cc1CN(C)C(=O)CCNC(=O)c1ccsc1.